The normalized spacial score (nSPS) is 13.5. The Kier molecular flexibility index (Phi) is 6.67. The van der Waals surface area contributed by atoms with Crippen LogP contribution in [0.2, 0.25) is 0 Å². The standard InChI is InChI=1S/C12H20O3/c1-5-7-9(3)8-11(10(4)13)12(14)15-6-2/h8-9H,5-7H2,1-4H3. The van der Waals surface area contributed by atoms with E-state index >= 15 is 0 Å². The summed E-state index contributed by atoms with van der Waals surface area (Å²) < 4.78 is 4.82. The molecule has 0 saturated carbocycles. The number of Topliss-reactive ketones (excluding diaryl/α,β-unsaturated/α-hetero) is 1. The first-order valence-corrected chi connectivity index (χ1v) is 5.42. The van der Waals surface area contributed by atoms with Crippen molar-refractivity contribution in [2.75, 3.05) is 6.61 Å². The highest BCUT2D eigenvalue weighted by Gasteiger charge is 2.16. The topological polar surface area (TPSA) is 43.4 Å². The SMILES string of the molecule is CCCC(C)C=C(C(C)=O)C(=O)OCC. The Hall–Kier alpha value is -1.12. The quantitative estimate of drug-likeness (QED) is 0.294. The summed E-state index contributed by atoms with van der Waals surface area (Å²) in [7, 11) is 0. The van der Waals surface area contributed by atoms with Gasteiger partial charge in [-0.1, -0.05) is 26.3 Å². The van der Waals surface area contributed by atoms with Gasteiger partial charge >= 0.3 is 5.97 Å². The molecule has 1 unspecified atom stereocenters. The van der Waals surface area contributed by atoms with E-state index in [0.29, 0.717) is 6.61 Å². The Morgan fingerprint density at radius 2 is 1.93 bits per heavy atom. The molecule has 0 aliphatic heterocycles. The molecule has 0 spiro atoms. The molecule has 3 heteroatoms. The molecule has 0 aliphatic carbocycles. The predicted molar refractivity (Wildman–Crippen MR) is 59.5 cm³/mol. The summed E-state index contributed by atoms with van der Waals surface area (Å²) >= 11 is 0. The van der Waals surface area contributed by atoms with Gasteiger partial charge < -0.3 is 4.74 Å². The molecule has 3 nitrogen and oxygen atoms in total. The van der Waals surface area contributed by atoms with Gasteiger partial charge in [-0.15, -0.1) is 0 Å². The lowest BCUT2D eigenvalue weighted by Crippen LogP contribution is -2.14. The van der Waals surface area contributed by atoms with Crippen LogP contribution in [-0.4, -0.2) is 18.4 Å². The van der Waals surface area contributed by atoms with Crippen LogP contribution in [0.25, 0.3) is 0 Å². The van der Waals surface area contributed by atoms with E-state index in [2.05, 4.69) is 6.92 Å². The van der Waals surface area contributed by atoms with Gasteiger partial charge in [-0.05, 0) is 26.2 Å². The summed E-state index contributed by atoms with van der Waals surface area (Å²) in [5.41, 5.74) is 0.179. The van der Waals surface area contributed by atoms with E-state index in [1.54, 1.807) is 13.0 Å². The van der Waals surface area contributed by atoms with Crippen LogP contribution in [0.4, 0.5) is 0 Å². The molecule has 0 heterocycles. The Bertz CT molecular complexity index is 254. The fourth-order valence-electron chi connectivity index (χ4n) is 1.36. The summed E-state index contributed by atoms with van der Waals surface area (Å²) in [4.78, 5) is 22.6. The van der Waals surface area contributed by atoms with Gasteiger partial charge in [0.15, 0.2) is 5.78 Å². The van der Waals surface area contributed by atoms with Crippen molar-refractivity contribution in [3.63, 3.8) is 0 Å². The molecule has 0 fully saturated rings. The third-order valence-electron chi connectivity index (χ3n) is 2.07. The van der Waals surface area contributed by atoms with E-state index in [0.717, 1.165) is 12.8 Å². The zero-order chi connectivity index (χ0) is 11.8. The van der Waals surface area contributed by atoms with Crippen molar-refractivity contribution in [3.05, 3.63) is 11.6 Å². The molecule has 0 aliphatic rings. The van der Waals surface area contributed by atoms with Crippen LogP contribution in [0, 0.1) is 5.92 Å². The molecule has 0 bridgehead atoms. The smallest absolute Gasteiger partial charge is 0.341 e. The van der Waals surface area contributed by atoms with Crippen LogP contribution in [0.15, 0.2) is 11.6 Å². The van der Waals surface area contributed by atoms with Gasteiger partial charge in [-0.2, -0.15) is 0 Å². The summed E-state index contributed by atoms with van der Waals surface area (Å²) in [5, 5.41) is 0. The lowest BCUT2D eigenvalue weighted by Gasteiger charge is -2.07. The van der Waals surface area contributed by atoms with Gasteiger partial charge in [0.2, 0.25) is 0 Å². The molecule has 0 N–H and O–H groups in total. The van der Waals surface area contributed by atoms with Crippen molar-refractivity contribution in [1.29, 1.82) is 0 Å². The van der Waals surface area contributed by atoms with E-state index in [1.807, 2.05) is 6.92 Å². The number of hydrogen-bond donors (Lipinski definition) is 0. The van der Waals surface area contributed by atoms with E-state index in [4.69, 9.17) is 4.74 Å². The van der Waals surface area contributed by atoms with E-state index in [1.165, 1.54) is 6.92 Å². The number of carbonyl (C=O) groups excluding carboxylic acids is 2. The fraction of sp³-hybridized carbons (Fsp3) is 0.667. The fourth-order valence-corrected chi connectivity index (χ4v) is 1.36. The number of ketones is 1. The van der Waals surface area contributed by atoms with Crippen LogP contribution in [0.3, 0.4) is 0 Å². The van der Waals surface area contributed by atoms with Gasteiger partial charge in [-0.25, -0.2) is 4.79 Å². The maximum Gasteiger partial charge on any atom is 0.341 e. The molecule has 0 aromatic rings. The second kappa shape index (κ2) is 7.21. The Balaban J connectivity index is 4.64. The Morgan fingerprint density at radius 3 is 2.33 bits per heavy atom. The second-order valence-corrected chi connectivity index (χ2v) is 3.62. The molecule has 0 aromatic heterocycles. The third-order valence-corrected chi connectivity index (χ3v) is 2.07. The van der Waals surface area contributed by atoms with Crippen LogP contribution >= 0.6 is 0 Å². The van der Waals surface area contributed by atoms with Crippen LogP contribution in [0.5, 0.6) is 0 Å². The number of ether oxygens (including phenoxy) is 1. The van der Waals surface area contributed by atoms with Crippen molar-refractivity contribution in [1.82, 2.24) is 0 Å². The third kappa shape index (κ3) is 5.35. The number of hydrogen-bond acceptors (Lipinski definition) is 3. The average Bonchev–Trinajstić information content (AvgIpc) is 2.14. The van der Waals surface area contributed by atoms with Crippen molar-refractivity contribution in [2.24, 2.45) is 5.92 Å². The van der Waals surface area contributed by atoms with Gasteiger partial charge in [0.1, 0.15) is 0 Å². The van der Waals surface area contributed by atoms with E-state index < -0.39 is 5.97 Å². The Morgan fingerprint density at radius 1 is 1.33 bits per heavy atom. The lowest BCUT2D eigenvalue weighted by molar-refractivity contribution is -0.139. The molecule has 15 heavy (non-hydrogen) atoms. The lowest BCUT2D eigenvalue weighted by atomic mass is 10.0. The van der Waals surface area contributed by atoms with Crippen molar-refractivity contribution in [3.8, 4) is 0 Å². The zero-order valence-corrected chi connectivity index (χ0v) is 10.0. The van der Waals surface area contributed by atoms with Crippen LogP contribution in [0.1, 0.15) is 40.5 Å². The molecule has 0 saturated heterocycles. The average molecular weight is 212 g/mol. The molecule has 1 atom stereocenters. The zero-order valence-electron chi connectivity index (χ0n) is 10.0. The maximum absolute atomic E-state index is 11.4. The van der Waals surface area contributed by atoms with E-state index in [9.17, 15) is 9.59 Å². The summed E-state index contributed by atoms with van der Waals surface area (Å²) in [6.07, 6.45) is 3.71. The van der Waals surface area contributed by atoms with Crippen molar-refractivity contribution in [2.45, 2.75) is 40.5 Å². The first-order chi connectivity index (χ1) is 7.02. The number of esters is 1. The highest BCUT2D eigenvalue weighted by atomic mass is 16.5. The van der Waals surface area contributed by atoms with Gasteiger partial charge in [0.25, 0.3) is 0 Å². The minimum absolute atomic E-state index is 0.179. The maximum atomic E-state index is 11.4. The highest BCUT2D eigenvalue weighted by Crippen LogP contribution is 2.11. The van der Waals surface area contributed by atoms with E-state index in [-0.39, 0.29) is 17.3 Å². The first-order valence-electron chi connectivity index (χ1n) is 5.42. The van der Waals surface area contributed by atoms with Crippen LogP contribution in [-0.2, 0) is 14.3 Å². The second-order valence-electron chi connectivity index (χ2n) is 3.62. The molecule has 86 valence electrons. The van der Waals surface area contributed by atoms with Crippen molar-refractivity contribution >= 4 is 11.8 Å². The number of carbonyl (C=O) groups is 2. The van der Waals surface area contributed by atoms with Gasteiger partial charge in [0.05, 0.1) is 12.2 Å². The Labute approximate surface area is 91.5 Å². The summed E-state index contributed by atoms with van der Waals surface area (Å²) in [6, 6.07) is 0. The predicted octanol–water partition coefficient (Wildman–Crippen LogP) is 2.50. The van der Waals surface area contributed by atoms with Crippen molar-refractivity contribution < 1.29 is 14.3 Å². The number of rotatable bonds is 6. The minimum Gasteiger partial charge on any atom is -0.462 e. The highest BCUT2D eigenvalue weighted by molar-refractivity contribution is 6.16. The molecular weight excluding hydrogens is 192 g/mol. The molecule has 0 amide bonds. The van der Waals surface area contributed by atoms with Gasteiger partial charge in [-0.3, -0.25) is 4.79 Å². The first kappa shape index (κ1) is 13.9. The summed E-state index contributed by atoms with van der Waals surface area (Å²) in [5.74, 6) is -0.498. The number of allylic oxidation sites excluding steroid dienone is 1. The monoisotopic (exact) mass is 212 g/mol. The van der Waals surface area contributed by atoms with Gasteiger partial charge in [0, 0.05) is 0 Å². The molecule has 0 aromatic carbocycles. The summed E-state index contributed by atoms with van der Waals surface area (Å²) in [6.45, 7) is 7.48. The molecule has 0 radical (unpaired) electrons. The largest absolute Gasteiger partial charge is 0.462 e. The van der Waals surface area contributed by atoms with Crippen LogP contribution < -0.4 is 0 Å². The molecular formula is C12H20O3. The molecule has 0 rings (SSSR count). The minimum atomic E-state index is -0.507.